The molecule has 0 aliphatic rings. The Balaban J connectivity index is 1.18. The smallest absolute Gasteiger partial charge is 0.323 e. The van der Waals surface area contributed by atoms with Crippen LogP contribution in [0, 0.1) is 0 Å². The molecule has 0 aliphatic carbocycles. The number of ether oxygens (including phenoxy) is 3. The Morgan fingerprint density at radius 3 is 1.76 bits per heavy atom. The SMILES string of the molecule is CN(C)[C@H](Cc1ccccc1)C(=O)OCCCCCCCCOc1ccc(OCc2ccccc2)cc1. The van der Waals surface area contributed by atoms with Gasteiger partial charge in [-0.2, -0.15) is 0 Å². The van der Waals surface area contributed by atoms with Gasteiger partial charge in [-0.25, -0.2) is 0 Å². The number of hydrogen-bond acceptors (Lipinski definition) is 5. The molecule has 3 aromatic rings. The van der Waals surface area contributed by atoms with Crippen molar-refractivity contribution in [3.63, 3.8) is 0 Å². The summed E-state index contributed by atoms with van der Waals surface area (Å²) in [4.78, 5) is 14.5. The van der Waals surface area contributed by atoms with Crippen molar-refractivity contribution < 1.29 is 19.0 Å². The number of unbranched alkanes of at least 4 members (excludes halogenated alkanes) is 5. The Morgan fingerprint density at radius 1 is 0.649 bits per heavy atom. The summed E-state index contributed by atoms with van der Waals surface area (Å²) in [6.07, 6.45) is 7.13. The van der Waals surface area contributed by atoms with Gasteiger partial charge in [-0.3, -0.25) is 9.69 Å². The Hall–Kier alpha value is -3.31. The molecule has 0 aromatic heterocycles. The zero-order chi connectivity index (χ0) is 26.1. The molecule has 0 N–H and O–H groups in total. The Bertz CT molecular complexity index is 1010. The van der Waals surface area contributed by atoms with E-state index in [2.05, 4.69) is 12.1 Å². The van der Waals surface area contributed by atoms with Gasteiger partial charge in [0.2, 0.25) is 0 Å². The third kappa shape index (κ3) is 11.1. The highest BCUT2D eigenvalue weighted by Crippen LogP contribution is 2.19. The molecule has 1 atom stereocenters. The molecular formula is C32H41NO4. The lowest BCUT2D eigenvalue weighted by Gasteiger charge is -2.22. The molecular weight excluding hydrogens is 462 g/mol. The first-order chi connectivity index (χ1) is 18.1. The van der Waals surface area contributed by atoms with E-state index in [0.29, 0.717) is 19.6 Å². The number of nitrogens with zero attached hydrogens (tertiary/aromatic N) is 1. The van der Waals surface area contributed by atoms with E-state index < -0.39 is 0 Å². The molecule has 0 saturated carbocycles. The van der Waals surface area contributed by atoms with Crippen molar-refractivity contribution in [2.24, 2.45) is 0 Å². The van der Waals surface area contributed by atoms with Crippen LogP contribution in [0.5, 0.6) is 11.5 Å². The quantitative estimate of drug-likeness (QED) is 0.151. The van der Waals surface area contributed by atoms with Crippen LogP contribution in [0.25, 0.3) is 0 Å². The molecule has 0 amide bonds. The lowest BCUT2D eigenvalue weighted by Crippen LogP contribution is -2.39. The predicted octanol–water partition coefficient (Wildman–Crippen LogP) is 6.70. The third-order valence-electron chi connectivity index (χ3n) is 6.29. The van der Waals surface area contributed by atoms with Gasteiger partial charge in [0.1, 0.15) is 24.1 Å². The number of likely N-dealkylation sites (N-methyl/N-ethyl adjacent to an activating group) is 1. The van der Waals surface area contributed by atoms with Gasteiger partial charge >= 0.3 is 5.97 Å². The van der Waals surface area contributed by atoms with Gasteiger partial charge < -0.3 is 14.2 Å². The molecule has 0 saturated heterocycles. The summed E-state index contributed by atoms with van der Waals surface area (Å²) >= 11 is 0. The molecule has 3 aromatic carbocycles. The molecule has 0 aliphatic heterocycles. The zero-order valence-electron chi connectivity index (χ0n) is 22.3. The van der Waals surface area contributed by atoms with E-state index >= 15 is 0 Å². The predicted molar refractivity (Wildman–Crippen MR) is 149 cm³/mol. The normalized spacial score (nSPS) is 11.8. The van der Waals surface area contributed by atoms with Crippen LogP contribution >= 0.6 is 0 Å². The number of carbonyl (C=O) groups is 1. The van der Waals surface area contributed by atoms with Crippen molar-refractivity contribution in [2.45, 2.75) is 57.6 Å². The van der Waals surface area contributed by atoms with Gasteiger partial charge in [-0.15, -0.1) is 0 Å². The van der Waals surface area contributed by atoms with Crippen molar-refractivity contribution in [1.29, 1.82) is 0 Å². The van der Waals surface area contributed by atoms with E-state index in [1.807, 2.05) is 91.8 Å². The standard InChI is InChI=1S/C32H41NO4/c1-33(2)31(25-27-15-9-7-10-16-27)32(34)36-24-14-6-4-3-5-13-23-35-29-19-21-30(22-20-29)37-26-28-17-11-8-12-18-28/h7-12,15-22,31H,3-6,13-14,23-26H2,1-2H3/t31-/m1/s1. The first-order valence-corrected chi connectivity index (χ1v) is 13.4. The largest absolute Gasteiger partial charge is 0.494 e. The van der Waals surface area contributed by atoms with Crippen LogP contribution in [0.3, 0.4) is 0 Å². The molecule has 0 radical (unpaired) electrons. The van der Waals surface area contributed by atoms with Gasteiger partial charge in [0.15, 0.2) is 0 Å². The first kappa shape index (κ1) is 28.3. The topological polar surface area (TPSA) is 48.0 Å². The second kappa shape index (κ2) is 16.4. The van der Waals surface area contributed by atoms with Crippen LogP contribution in [0.1, 0.15) is 49.7 Å². The van der Waals surface area contributed by atoms with Crippen molar-refractivity contribution in [3.8, 4) is 11.5 Å². The highest BCUT2D eigenvalue weighted by molar-refractivity contribution is 5.76. The monoisotopic (exact) mass is 503 g/mol. The average Bonchev–Trinajstić information content (AvgIpc) is 2.93. The maximum Gasteiger partial charge on any atom is 0.323 e. The lowest BCUT2D eigenvalue weighted by atomic mass is 10.1. The van der Waals surface area contributed by atoms with Crippen molar-refractivity contribution in [3.05, 3.63) is 96.1 Å². The van der Waals surface area contributed by atoms with E-state index in [1.165, 1.54) is 0 Å². The number of hydrogen-bond donors (Lipinski definition) is 0. The molecule has 3 rings (SSSR count). The lowest BCUT2D eigenvalue weighted by molar-refractivity contribution is -0.149. The van der Waals surface area contributed by atoms with Crippen LogP contribution in [-0.4, -0.2) is 44.2 Å². The average molecular weight is 504 g/mol. The number of rotatable bonds is 17. The molecule has 37 heavy (non-hydrogen) atoms. The van der Waals surface area contributed by atoms with Crippen LogP contribution in [0.4, 0.5) is 0 Å². The molecule has 0 spiro atoms. The van der Waals surface area contributed by atoms with Gasteiger partial charge in [0.25, 0.3) is 0 Å². The zero-order valence-corrected chi connectivity index (χ0v) is 22.3. The van der Waals surface area contributed by atoms with Gasteiger partial charge in [0, 0.05) is 0 Å². The fraction of sp³-hybridized carbons (Fsp3) is 0.406. The summed E-state index contributed by atoms with van der Waals surface area (Å²) in [7, 11) is 3.85. The van der Waals surface area contributed by atoms with E-state index in [4.69, 9.17) is 14.2 Å². The maximum absolute atomic E-state index is 12.5. The summed E-state index contributed by atoms with van der Waals surface area (Å²) in [5.74, 6) is 1.58. The van der Waals surface area contributed by atoms with E-state index in [0.717, 1.165) is 67.8 Å². The van der Waals surface area contributed by atoms with Crippen molar-refractivity contribution in [2.75, 3.05) is 27.3 Å². The van der Waals surface area contributed by atoms with Crippen molar-refractivity contribution in [1.82, 2.24) is 4.90 Å². The molecule has 198 valence electrons. The summed E-state index contributed by atoms with van der Waals surface area (Å²) in [6.45, 7) is 1.77. The van der Waals surface area contributed by atoms with Crippen LogP contribution < -0.4 is 9.47 Å². The molecule has 0 unspecified atom stereocenters. The third-order valence-corrected chi connectivity index (χ3v) is 6.29. The summed E-state index contributed by atoms with van der Waals surface area (Å²) in [5.41, 5.74) is 2.30. The van der Waals surface area contributed by atoms with E-state index in [1.54, 1.807) is 0 Å². The van der Waals surface area contributed by atoms with Gasteiger partial charge in [-0.05, 0) is 68.8 Å². The summed E-state index contributed by atoms with van der Waals surface area (Å²) in [5, 5.41) is 0. The van der Waals surface area contributed by atoms with Gasteiger partial charge in [-0.1, -0.05) is 86.3 Å². The Kier molecular flexibility index (Phi) is 12.6. The molecule has 0 heterocycles. The van der Waals surface area contributed by atoms with E-state index in [-0.39, 0.29) is 12.0 Å². The molecule has 0 fully saturated rings. The first-order valence-electron chi connectivity index (χ1n) is 13.4. The minimum Gasteiger partial charge on any atom is -0.494 e. The molecule has 0 bridgehead atoms. The number of carbonyl (C=O) groups excluding carboxylic acids is 1. The minimum atomic E-state index is -0.250. The fourth-order valence-electron chi connectivity index (χ4n) is 4.06. The van der Waals surface area contributed by atoms with Crippen molar-refractivity contribution >= 4 is 5.97 Å². The number of benzene rings is 3. The number of esters is 1. The Labute approximate surface area is 222 Å². The second-order valence-electron chi connectivity index (χ2n) is 9.55. The molecule has 5 heteroatoms. The van der Waals surface area contributed by atoms with Crippen LogP contribution in [0.15, 0.2) is 84.9 Å². The minimum absolute atomic E-state index is 0.137. The fourth-order valence-corrected chi connectivity index (χ4v) is 4.06. The Morgan fingerprint density at radius 2 is 1.16 bits per heavy atom. The molecule has 5 nitrogen and oxygen atoms in total. The summed E-state index contributed by atoms with van der Waals surface area (Å²) < 4.78 is 17.2. The van der Waals surface area contributed by atoms with Crippen LogP contribution in [-0.2, 0) is 22.6 Å². The van der Waals surface area contributed by atoms with Gasteiger partial charge in [0.05, 0.1) is 13.2 Å². The van der Waals surface area contributed by atoms with E-state index in [9.17, 15) is 4.79 Å². The maximum atomic E-state index is 12.5. The summed E-state index contributed by atoms with van der Waals surface area (Å²) in [6, 6.07) is 27.8. The highest BCUT2D eigenvalue weighted by Gasteiger charge is 2.22. The highest BCUT2D eigenvalue weighted by atomic mass is 16.5. The van der Waals surface area contributed by atoms with Crippen LogP contribution in [0.2, 0.25) is 0 Å². The second-order valence-corrected chi connectivity index (χ2v) is 9.55.